The lowest BCUT2D eigenvalue weighted by Gasteiger charge is -2.40. The van der Waals surface area contributed by atoms with Crippen LogP contribution in [0.15, 0.2) is 47.1 Å². The summed E-state index contributed by atoms with van der Waals surface area (Å²) < 4.78 is 21.9. The van der Waals surface area contributed by atoms with E-state index in [0.717, 1.165) is 16.5 Å². The van der Waals surface area contributed by atoms with Crippen molar-refractivity contribution in [2.75, 3.05) is 20.8 Å². The Morgan fingerprint density at radius 3 is 2.44 bits per heavy atom. The van der Waals surface area contributed by atoms with Crippen LogP contribution in [0.4, 0.5) is 0 Å². The monoisotopic (exact) mass is 472 g/mol. The van der Waals surface area contributed by atoms with Crippen LogP contribution in [-0.2, 0) is 11.2 Å². The number of aliphatic hydroxyl groups is 4. The zero-order valence-corrected chi connectivity index (χ0v) is 18.9. The number of ketones is 1. The first-order chi connectivity index (χ1) is 16.4. The second-order valence-corrected chi connectivity index (χ2v) is 8.26. The number of fused-ring (bicyclic) bond motifs is 1. The third-order valence-electron chi connectivity index (χ3n) is 6.21. The van der Waals surface area contributed by atoms with Gasteiger partial charge >= 0.3 is 0 Å². The minimum Gasteiger partial charge on any atom is -0.496 e. The van der Waals surface area contributed by atoms with Crippen molar-refractivity contribution in [1.29, 1.82) is 0 Å². The molecule has 182 valence electrons. The SMILES string of the molecule is COc1cc(OC)c(C2OC(CO)C(O)C(O)C2O)cc1C(=O)CCc1ccc2occc2c1. The Morgan fingerprint density at radius 1 is 0.971 bits per heavy atom. The fourth-order valence-electron chi connectivity index (χ4n) is 4.29. The molecule has 0 radical (unpaired) electrons. The molecule has 0 amide bonds. The highest BCUT2D eigenvalue weighted by Gasteiger charge is 2.45. The van der Waals surface area contributed by atoms with E-state index in [1.807, 2.05) is 24.3 Å². The molecule has 1 aliphatic heterocycles. The second-order valence-electron chi connectivity index (χ2n) is 8.26. The Labute approximate surface area is 196 Å². The number of methoxy groups -OCH3 is 2. The number of hydrogen-bond donors (Lipinski definition) is 4. The molecule has 1 aromatic heterocycles. The Hall–Kier alpha value is -2.95. The van der Waals surface area contributed by atoms with Crippen LogP contribution in [0.3, 0.4) is 0 Å². The summed E-state index contributed by atoms with van der Waals surface area (Å²) in [5.74, 6) is 0.362. The van der Waals surface area contributed by atoms with Gasteiger partial charge in [-0.05, 0) is 36.2 Å². The van der Waals surface area contributed by atoms with Crippen LogP contribution in [0.2, 0.25) is 0 Å². The Kier molecular flexibility index (Phi) is 7.20. The highest BCUT2D eigenvalue weighted by molar-refractivity contribution is 5.99. The zero-order valence-electron chi connectivity index (χ0n) is 18.9. The van der Waals surface area contributed by atoms with Crippen molar-refractivity contribution in [3.8, 4) is 11.5 Å². The summed E-state index contributed by atoms with van der Waals surface area (Å²) in [6.45, 7) is -0.563. The number of furan rings is 1. The van der Waals surface area contributed by atoms with Crippen molar-refractivity contribution in [2.45, 2.75) is 43.4 Å². The van der Waals surface area contributed by atoms with E-state index in [-0.39, 0.29) is 23.5 Å². The molecule has 9 nitrogen and oxygen atoms in total. The largest absolute Gasteiger partial charge is 0.496 e. The maximum atomic E-state index is 13.2. The van der Waals surface area contributed by atoms with Crippen LogP contribution >= 0.6 is 0 Å². The summed E-state index contributed by atoms with van der Waals surface area (Å²) in [4.78, 5) is 13.2. The van der Waals surface area contributed by atoms with E-state index in [0.29, 0.717) is 17.7 Å². The van der Waals surface area contributed by atoms with Crippen LogP contribution in [0.25, 0.3) is 11.0 Å². The minimum atomic E-state index is -1.56. The van der Waals surface area contributed by atoms with E-state index in [1.165, 1.54) is 26.4 Å². The van der Waals surface area contributed by atoms with Crippen molar-refractivity contribution < 1.29 is 43.8 Å². The molecule has 1 fully saturated rings. The first kappa shape index (κ1) is 24.2. The average Bonchev–Trinajstić information content (AvgIpc) is 3.33. The molecule has 5 unspecified atom stereocenters. The maximum Gasteiger partial charge on any atom is 0.166 e. The third kappa shape index (κ3) is 4.53. The summed E-state index contributed by atoms with van der Waals surface area (Å²) in [5.41, 5.74) is 2.31. The first-order valence-corrected chi connectivity index (χ1v) is 10.9. The van der Waals surface area contributed by atoms with Gasteiger partial charge in [-0.15, -0.1) is 0 Å². The lowest BCUT2D eigenvalue weighted by atomic mass is 9.89. The van der Waals surface area contributed by atoms with Crippen LogP contribution in [0, 0.1) is 0 Å². The highest BCUT2D eigenvalue weighted by atomic mass is 16.5. The van der Waals surface area contributed by atoms with Crippen molar-refractivity contribution in [1.82, 2.24) is 0 Å². The molecule has 2 heterocycles. The molecule has 3 aromatic rings. The molecule has 2 aromatic carbocycles. The van der Waals surface area contributed by atoms with Crippen LogP contribution in [0.5, 0.6) is 11.5 Å². The smallest absolute Gasteiger partial charge is 0.166 e. The zero-order chi connectivity index (χ0) is 24.4. The second kappa shape index (κ2) is 10.1. The molecule has 5 atom stereocenters. The van der Waals surface area contributed by atoms with Gasteiger partial charge in [-0.1, -0.05) is 6.07 Å². The van der Waals surface area contributed by atoms with Gasteiger partial charge in [-0.2, -0.15) is 0 Å². The van der Waals surface area contributed by atoms with Crippen molar-refractivity contribution in [3.63, 3.8) is 0 Å². The lowest BCUT2D eigenvalue weighted by Crippen LogP contribution is -2.55. The van der Waals surface area contributed by atoms with Crippen LogP contribution < -0.4 is 9.47 Å². The van der Waals surface area contributed by atoms with Gasteiger partial charge in [0.25, 0.3) is 0 Å². The number of aliphatic hydroxyl groups excluding tert-OH is 4. The lowest BCUT2D eigenvalue weighted by molar-refractivity contribution is -0.232. The van der Waals surface area contributed by atoms with Gasteiger partial charge in [0.15, 0.2) is 5.78 Å². The Morgan fingerprint density at radius 2 is 1.74 bits per heavy atom. The fourth-order valence-corrected chi connectivity index (χ4v) is 4.29. The predicted molar refractivity (Wildman–Crippen MR) is 121 cm³/mol. The molecular weight excluding hydrogens is 444 g/mol. The molecule has 0 spiro atoms. The van der Waals surface area contributed by atoms with Gasteiger partial charge in [0.05, 0.1) is 32.7 Å². The standard InChI is InChI=1S/C25H28O9/c1-31-19-11-20(32-2)16(25-24(30)23(29)22(28)21(12-26)34-25)10-15(19)17(27)5-3-13-4-6-18-14(9-13)7-8-33-18/h4,6-11,21-26,28-30H,3,5,12H2,1-2H3. The number of hydrogen-bond acceptors (Lipinski definition) is 9. The van der Waals surface area contributed by atoms with Gasteiger partial charge in [0.1, 0.15) is 47.6 Å². The average molecular weight is 472 g/mol. The Bertz CT molecular complexity index is 1150. The number of carbonyl (C=O) groups is 1. The number of rotatable bonds is 8. The number of ether oxygens (including phenoxy) is 3. The van der Waals surface area contributed by atoms with Gasteiger partial charge in [-0.25, -0.2) is 0 Å². The fraction of sp³-hybridized carbons (Fsp3) is 0.400. The number of benzene rings is 2. The van der Waals surface area contributed by atoms with E-state index < -0.39 is 37.1 Å². The van der Waals surface area contributed by atoms with E-state index in [4.69, 9.17) is 18.6 Å². The van der Waals surface area contributed by atoms with E-state index >= 15 is 0 Å². The molecule has 34 heavy (non-hydrogen) atoms. The van der Waals surface area contributed by atoms with E-state index in [9.17, 15) is 25.2 Å². The van der Waals surface area contributed by atoms with Crippen LogP contribution in [-0.4, -0.2) is 71.5 Å². The van der Waals surface area contributed by atoms with E-state index in [1.54, 1.807) is 6.26 Å². The normalized spacial score (nSPS) is 24.8. The molecule has 1 aliphatic rings. The van der Waals surface area contributed by atoms with Gasteiger partial charge in [-0.3, -0.25) is 4.79 Å². The maximum absolute atomic E-state index is 13.2. The summed E-state index contributed by atoms with van der Waals surface area (Å²) >= 11 is 0. The molecule has 4 N–H and O–H groups in total. The minimum absolute atomic E-state index is 0.195. The molecule has 9 heteroatoms. The number of Topliss-reactive ketones (excluding diaryl/α,β-unsaturated/α-hetero) is 1. The third-order valence-corrected chi connectivity index (χ3v) is 6.21. The summed E-state index contributed by atoms with van der Waals surface area (Å²) in [7, 11) is 2.85. The highest BCUT2D eigenvalue weighted by Crippen LogP contribution is 2.40. The Balaban J connectivity index is 1.62. The molecule has 1 saturated heterocycles. The van der Waals surface area contributed by atoms with Crippen molar-refractivity contribution >= 4 is 16.8 Å². The molecule has 0 saturated carbocycles. The molecule has 0 bridgehead atoms. The summed E-state index contributed by atoms with van der Waals surface area (Å²) in [6.07, 6.45) is -4.50. The van der Waals surface area contributed by atoms with Gasteiger partial charge in [0.2, 0.25) is 0 Å². The summed E-state index contributed by atoms with van der Waals surface area (Å²) in [6, 6.07) is 10.6. The van der Waals surface area contributed by atoms with Crippen molar-refractivity contribution in [3.05, 3.63) is 59.4 Å². The van der Waals surface area contributed by atoms with Crippen LogP contribution in [0.1, 0.15) is 34.0 Å². The molecular formula is C25H28O9. The van der Waals surface area contributed by atoms with Crippen molar-refractivity contribution in [2.24, 2.45) is 0 Å². The van der Waals surface area contributed by atoms with Gasteiger partial charge in [0, 0.05) is 23.4 Å². The topological polar surface area (TPSA) is 139 Å². The number of carbonyl (C=O) groups excluding carboxylic acids is 1. The van der Waals surface area contributed by atoms with Gasteiger partial charge < -0.3 is 39.1 Å². The number of aryl methyl sites for hydroxylation is 1. The predicted octanol–water partition coefficient (Wildman–Crippen LogP) is 1.78. The first-order valence-electron chi connectivity index (χ1n) is 10.9. The molecule has 4 rings (SSSR count). The summed E-state index contributed by atoms with van der Waals surface area (Å²) in [5, 5.41) is 41.4. The molecule has 0 aliphatic carbocycles. The van der Waals surface area contributed by atoms with E-state index in [2.05, 4.69) is 0 Å². The quantitative estimate of drug-likeness (QED) is 0.361.